The molecule has 154 valence electrons. The maximum absolute atomic E-state index is 12.7. The number of benzene rings is 2. The fraction of sp³-hybridized carbons (Fsp3) is 0.227. The summed E-state index contributed by atoms with van der Waals surface area (Å²) in [5, 5.41) is 5.81. The van der Waals surface area contributed by atoms with Gasteiger partial charge in [0, 0.05) is 34.6 Å². The van der Waals surface area contributed by atoms with Crippen molar-refractivity contribution in [1.82, 2.24) is 4.98 Å². The molecule has 0 radical (unpaired) electrons. The number of nitrogens with zero attached hydrogens (tertiary/aromatic N) is 2. The highest BCUT2D eigenvalue weighted by Crippen LogP contribution is 2.30. The lowest BCUT2D eigenvalue weighted by molar-refractivity contribution is -0.122. The van der Waals surface area contributed by atoms with E-state index in [1.807, 2.05) is 42.6 Å². The maximum atomic E-state index is 12.7. The van der Waals surface area contributed by atoms with E-state index in [1.165, 1.54) is 11.3 Å². The number of amides is 2. The number of halogens is 1. The van der Waals surface area contributed by atoms with Crippen LogP contribution in [0.1, 0.15) is 13.3 Å². The molecule has 3 aromatic rings. The molecule has 1 aromatic heterocycles. The summed E-state index contributed by atoms with van der Waals surface area (Å²) >= 11 is 7.38. The quantitative estimate of drug-likeness (QED) is 0.593. The van der Waals surface area contributed by atoms with E-state index in [1.54, 1.807) is 23.1 Å². The van der Waals surface area contributed by atoms with Gasteiger partial charge in [0.05, 0.1) is 18.2 Å². The fourth-order valence-electron chi connectivity index (χ4n) is 3.34. The number of hydrogen-bond donors (Lipinski definition) is 1. The third kappa shape index (κ3) is 4.47. The van der Waals surface area contributed by atoms with Gasteiger partial charge in [-0.05, 0) is 49.4 Å². The molecule has 0 bridgehead atoms. The van der Waals surface area contributed by atoms with Crippen LogP contribution >= 0.6 is 22.9 Å². The molecule has 2 aromatic carbocycles. The van der Waals surface area contributed by atoms with E-state index in [0.29, 0.717) is 29.0 Å². The molecule has 2 heterocycles. The average molecular weight is 442 g/mol. The van der Waals surface area contributed by atoms with Gasteiger partial charge in [0.2, 0.25) is 11.8 Å². The van der Waals surface area contributed by atoms with Crippen LogP contribution in [0.2, 0.25) is 5.02 Å². The third-order valence-electron chi connectivity index (χ3n) is 4.81. The Kier molecular flexibility index (Phi) is 6.01. The van der Waals surface area contributed by atoms with Crippen LogP contribution in [0.25, 0.3) is 11.3 Å². The predicted octanol–water partition coefficient (Wildman–Crippen LogP) is 4.85. The Balaban J connectivity index is 1.40. The predicted molar refractivity (Wildman–Crippen MR) is 119 cm³/mol. The summed E-state index contributed by atoms with van der Waals surface area (Å²) in [4.78, 5) is 31.2. The number of thiazole rings is 1. The van der Waals surface area contributed by atoms with Gasteiger partial charge in [-0.2, -0.15) is 0 Å². The number of hydrogen-bond acceptors (Lipinski definition) is 5. The van der Waals surface area contributed by atoms with Crippen LogP contribution in [-0.4, -0.2) is 29.9 Å². The Bertz CT molecular complexity index is 1070. The number of nitrogens with one attached hydrogen (secondary N) is 1. The SMILES string of the molecule is CCOc1ccc(-c2csc(NC(=O)C3CC(=O)N(c4cccc(Cl)c4)C3)n2)cc1. The van der Waals surface area contributed by atoms with Gasteiger partial charge in [-0.1, -0.05) is 17.7 Å². The normalized spacial score (nSPS) is 16.0. The second-order valence-corrected chi connectivity index (χ2v) is 8.16. The first-order valence-corrected chi connectivity index (χ1v) is 10.8. The lowest BCUT2D eigenvalue weighted by Gasteiger charge is -2.16. The maximum Gasteiger partial charge on any atom is 0.231 e. The van der Waals surface area contributed by atoms with E-state index in [9.17, 15) is 9.59 Å². The highest BCUT2D eigenvalue weighted by molar-refractivity contribution is 7.14. The van der Waals surface area contributed by atoms with Crippen molar-refractivity contribution in [1.29, 1.82) is 0 Å². The first-order valence-electron chi connectivity index (χ1n) is 9.59. The van der Waals surface area contributed by atoms with Crippen LogP contribution < -0.4 is 15.0 Å². The van der Waals surface area contributed by atoms with E-state index in [0.717, 1.165) is 17.0 Å². The highest BCUT2D eigenvalue weighted by Gasteiger charge is 2.35. The Labute approximate surface area is 183 Å². The molecular formula is C22H20ClN3O3S. The molecule has 2 amide bonds. The topological polar surface area (TPSA) is 71.5 Å². The minimum absolute atomic E-state index is 0.0911. The Morgan fingerprint density at radius 3 is 2.83 bits per heavy atom. The van der Waals surface area contributed by atoms with Crippen molar-refractivity contribution in [2.75, 3.05) is 23.4 Å². The molecule has 1 aliphatic heterocycles. The van der Waals surface area contributed by atoms with E-state index in [4.69, 9.17) is 16.3 Å². The minimum Gasteiger partial charge on any atom is -0.494 e. The van der Waals surface area contributed by atoms with Gasteiger partial charge in [-0.15, -0.1) is 11.3 Å². The van der Waals surface area contributed by atoms with Crippen molar-refractivity contribution in [2.24, 2.45) is 5.92 Å². The van der Waals surface area contributed by atoms with E-state index >= 15 is 0 Å². The molecule has 0 saturated carbocycles. The van der Waals surface area contributed by atoms with E-state index in [2.05, 4.69) is 10.3 Å². The fourth-order valence-corrected chi connectivity index (χ4v) is 4.24. The molecule has 1 aliphatic rings. The number of ether oxygens (including phenoxy) is 1. The van der Waals surface area contributed by atoms with Crippen LogP contribution in [0.5, 0.6) is 5.75 Å². The zero-order valence-electron chi connectivity index (χ0n) is 16.3. The summed E-state index contributed by atoms with van der Waals surface area (Å²) in [6, 6.07) is 14.7. The zero-order chi connectivity index (χ0) is 21.1. The summed E-state index contributed by atoms with van der Waals surface area (Å²) in [7, 11) is 0. The van der Waals surface area contributed by atoms with E-state index < -0.39 is 5.92 Å². The first kappa shape index (κ1) is 20.4. The average Bonchev–Trinajstić information content (AvgIpc) is 3.36. The standard InChI is InChI=1S/C22H20ClN3O3S/c1-2-29-18-8-6-14(7-9-18)19-13-30-22(24-19)25-21(28)15-10-20(27)26(12-15)17-5-3-4-16(23)11-17/h3-9,11,13,15H,2,10,12H2,1H3,(H,24,25,28). The number of anilines is 2. The Morgan fingerprint density at radius 2 is 2.10 bits per heavy atom. The monoisotopic (exact) mass is 441 g/mol. The first-order chi connectivity index (χ1) is 14.5. The second-order valence-electron chi connectivity index (χ2n) is 6.87. The van der Waals surface area contributed by atoms with Crippen molar-refractivity contribution in [3.63, 3.8) is 0 Å². The summed E-state index contributed by atoms with van der Waals surface area (Å²) in [6.45, 7) is 2.88. The van der Waals surface area contributed by atoms with Crippen molar-refractivity contribution >= 4 is 45.6 Å². The molecule has 0 aliphatic carbocycles. The number of rotatable bonds is 6. The largest absolute Gasteiger partial charge is 0.494 e. The van der Waals surface area contributed by atoms with Gasteiger partial charge in [-0.3, -0.25) is 9.59 Å². The summed E-state index contributed by atoms with van der Waals surface area (Å²) in [6.07, 6.45) is 0.162. The van der Waals surface area contributed by atoms with Crippen LogP contribution in [0, 0.1) is 5.92 Å². The zero-order valence-corrected chi connectivity index (χ0v) is 17.9. The lowest BCUT2D eigenvalue weighted by atomic mass is 10.1. The number of carbonyl (C=O) groups is 2. The van der Waals surface area contributed by atoms with Gasteiger partial charge in [0.1, 0.15) is 5.75 Å². The summed E-state index contributed by atoms with van der Waals surface area (Å²) in [5.41, 5.74) is 2.43. The van der Waals surface area contributed by atoms with Crippen LogP contribution in [-0.2, 0) is 9.59 Å². The molecule has 1 fully saturated rings. The minimum atomic E-state index is -0.436. The molecule has 4 rings (SSSR count). The molecule has 1 unspecified atom stereocenters. The summed E-state index contributed by atoms with van der Waals surface area (Å²) in [5.74, 6) is 0.0709. The molecular weight excluding hydrogens is 422 g/mol. The smallest absolute Gasteiger partial charge is 0.231 e. The highest BCUT2D eigenvalue weighted by atomic mass is 35.5. The van der Waals surface area contributed by atoms with Gasteiger partial charge < -0.3 is 15.0 Å². The molecule has 30 heavy (non-hydrogen) atoms. The molecule has 8 heteroatoms. The van der Waals surface area contributed by atoms with E-state index in [-0.39, 0.29) is 18.2 Å². The molecule has 1 atom stereocenters. The van der Waals surface area contributed by atoms with Gasteiger partial charge >= 0.3 is 0 Å². The number of carbonyl (C=O) groups excluding carboxylic acids is 2. The van der Waals surface area contributed by atoms with Crippen LogP contribution in [0.15, 0.2) is 53.9 Å². The summed E-state index contributed by atoms with van der Waals surface area (Å²) < 4.78 is 5.45. The van der Waals surface area contributed by atoms with Crippen LogP contribution in [0.3, 0.4) is 0 Å². The Hall–Kier alpha value is -2.90. The molecule has 0 spiro atoms. The molecule has 1 N–H and O–H groups in total. The number of aromatic nitrogens is 1. The van der Waals surface area contributed by atoms with Crippen molar-refractivity contribution in [3.8, 4) is 17.0 Å². The van der Waals surface area contributed by atoms with Crippen molar-refractivity contribution < 1.29 is 14.3 Å². The van der Waals surface area contributed by atoms with Crippen molar-refractivity contribution in [2.45, 2.75) is 13.3 Å². The van der Waals surface area contributed by atoms with Gasteiger partial charge in [0.25, 0.3) is 0 Å². The second kappa shape index (κ2) is 8.85. The Morgan fingerprint density at radius 1 is 1.30 bits per heavy atom. The third-order valence-corrected chi connectivity index (χ3v) is 5.80. The van der Waals surface area contributed by atoms with Crippen molar-refractivity contribution in [3.05, 3.63) is 58.9 Å². The van der Waals surface area contributed by atoms with Gasteiger partial charge in [-0.25, -0.2) is 4.98 Å². The van der Waals surface area contributed by atoms with Crippen LogP contribution in [0.4, 0.5) is 10.8 Å². The molecule has 1 saturated heterocycles. The lowest BCUT2D eigenvalue weighted by Crippen LogP contribution is -2.28. The van der Waals surface area contributed by atoms with Gasteiger partial charge in [0.15, 0.2) is 5.13 Å². The molecule has 6 nitrogen and oxygen atoms in total.